The Bertz CT molecular complexity index is 2640. The number of nitrogens with two attached hydrogens (primary N) is 1. The summed E-state index contributed by atoms with van der Waals surface area (Å²) >= 11 is 0. The van der Waals surface area contributed by atoms with Gasteiger partial charge in [-0.05, 0) is 114 Å². The molecule has 4 aromatic carbocycles. The smallest absolute Gasteiger partial charge is 0.439 e. The minimum atomic E-state index is -0.745. The van der Waals surface area contributed by atoms with Crippen LogP contribution >= 0.6 is 0 Å². The number of carbonyl (C=O) groups excluding carboxylic acids is 5. The number of rotatable bonds is 16. The highest BCUT2D eigenvalue weighted by atomic mass is 16.6. The van der Waals surface area contributed by atoms with Gasteiger partial charge in [0, 0.05) is 36.4 Å². The molecule has 6 atom stereocenters. The number of aromatic amines is 1. The second-order valence-corrected chi connectivity index (χ2v) is 19.5. The van der Waals surface area contributed by atoms with E-state index in [4.69, 9.17) is 15.7 Å². The molecule has 0 unspecified atom stereocenters. The summed E-state index contributed by atoms with van der Waals surface area (Å²) in [6, 6.07) is 32.9. The normalized spacial score (nSPS) is 19.0. The van der Waals surface area contributed by atoms with Crippen LogP contribution < -0.4 is 22.1 Å². The summed E-state index contributed by atoms with van der Waals surface area (Å²) in [4.78, 5) is 79.8. The fraction of sp³-hybridized carbons (Fsp3) is 0.418. The number of amides is 3. The molecule has 3 amide bonds. The molecule has 0 spiro atoms. The van der Waals surface area contributed by atoms with Crippen LogP contribution in [0.3, 0.4) is 0 Å². The number of benzene rings is 4. The minimum absolute atomic E-state index is 0.0116. The van der Waals surface area contributed by atoms with Gasteiger partial charge in [0.25, 0.3) is 0 Å². The molecule has 0 radical (unpaired) electrons. The molecule has 1 aromatic heterocycles. The number of hydrogen-bond acceptors (Lipinski definition) is 11. The summed E-state index contributed by atoms with van der Waals surface area (Å²) in [5.41, 5.74) is 10.5. The fourth-order valence-corrected chi connectivity index (χ4v) is 9.09. The lowest BCUT2D eigenvalue weighted by Gasteiger charge is -2.39. The van der Waals surface area contributed by atoms with Crippen molar-refractivity contribution in [3.8, 4) is 11.4 Å². The van der Waals surface area contributed by atoms with E-state index in [9.17, 15) is 28.8 Å². The number of likely N-dealkylation sites (tertiary alicyclic amines) is 1. The predicted octanol–water partition coefficient (Wildman–Crippen LogP) is 7.98. The van der Waals surface area contributed by atoms with Gasteiger partial charge in [0.1, 0.15) is 11.6 Å². The van der Waals surface area contributed by atoms with Crippen LogP contribution in [0.5, 0.6) is 0 Å². The Hall–Kier alpha value is -7.36. The highest BCUT2D eigenvalue weighted by molar-refractivity contribution is 5.97. The largest absolute Gasteiger partial charge is 0.444 e. The number of nitrogens with one attached hydrogen (secondary N) is 3. The summed E-state index contributed by atoms with van der Waals surface area (Å²) in [6.07, 6.45) is 6.12. The number of ketones is 2. The summed E-state index contributed by atoms with van der Waals surface area (Å²) in [5, 5.41) is 21.2. The first kappa shape index (κ1) is 53.0. The second kappa shape index (κ2) is 25.0. The van der Waals surface area contributed by atoms with Gasteiger partial charge in [0.15, 0.2) is 23.2 Å². The molecule has 1 aliphatic carbocycles. The predicted molar refractivity (Wildman–Crippen MR) is 270 cm³/mol. The Morgan fingerprint density at radius 3 is 1.83 bits per heavy atom. The number of Topliss-reactive ketones (excluding diaryl/α,β-unsaturated/α-hetero) is 2. The molecular formula is C55H67N7O9. The molecule has 1 aliphatic heterocycles. The quantitative estimate of drug-likeness (QED) is 0.0275. The van der Waals surface area contributed by atoms with Gasteiger partial charge in [-0.15, -0.1) is 0 Å². The van der Waals surface area contributed by atoms with E-state index in [1.165, 1.54) is 10.5 Å². The van der Waals surface area contributed by atoms with Crippen LogP contribution in [-0.2, 0) is 36.8 Å². The first-order valence-corrected chi connectivity index (χ1v) is 24.5. The number of aryl methyl sites for hydroxylation is 2. The summed E-state index contributed by atoms with van der Waals surface area (Å²) < 4.78 is 10.1. The highest BCUT2D eigenvalue weighted by Gasteiger charge is 2.39. The van der Waals surface area contributed by atoms with Crippen LogP contribution in [0.2, 0.25) is 0 Å². The van der Waals surface area contributed by atoms with Crippen molar-refractivity contribution in [2.24, 2.45) is 16.8 Å². The zero-order chi connectivity index (χ0) is 51.1. The Morgan fingerprint density at radius 1 is 0.775 bits per heavy atom. The van der Waals surface area contributed by atoms with Crippen molar-refractivity contribution in [3.05, 3.63) is 148 Å². The van der Waals surface area contributed by atoms with Crippen molar-refractivity contribution in [2.45, 2.75) is 134 Å². The molecule has 376 valence electrons. The van der Waals surface area contributed by atoms with E-state index in [2.05, 4.69) is 42.6 Å². The number of carbonyl (C=O) groups is 5. The van der Waals surface area contributed by atoms with Crippen molar-refractivity contribution < 1.29 is 38.4 Å². The van der Waals surface area contributed by atoms with Gasteiger partial charge in [-0.2, -0.15) is 0 Å². The van der Waals surface area contributed by atoms with Gasteiger partial charge in [-0.1, -0.05) is 126 Å². The molecule has 5 aromatic rings. The van der Waals surface area contributed by atoms with Crippen molar-refractivity contribution in [1.29, 1.82) is 0 Å². The molecule has 7 rings (SSSR count). The van der Waals surface area contributed by atoms with E-state index in [0.29, 0.717) is 49.5 Å². The topological polar surface area (TPSA) is 239 Å². The van der Waals surface area contributed by atoms with Crippen LogP contribution in [0.1, 0.15) is 126 Å². The van der Waals surface area contributed by atoms with Crippen LogP contribution in [-0.4, -0.2) is 85.8 Å². The van der Waals surface area contributed by atoms with Crippen LogP contribution in [0.15, 0.2) is 124 Å². The zero-order valence-electron chi connectivity index (χ0n) is 41.3. The zero-order valence-corrected chi connectivity index (χ0v) is 41.3. The lowest BCUT2D eigenvalue weighted by Crippen LogP contribution is -2.56. The maximum Gasteiger partial charge on any atom is 0.439 e. The lowest BCUT2D eigenvalue weighted by atomic mass is 9.77. The fourth-order valence-electron chi connectivity index (χ4n) is 9.09. The molecule has 2 aliphatic rings. The van der Waals surface area contributed by atoms with Crippen molar-refractivity contribution >= 4 is 35.3 Å². The SMILES string of the molecule is C[C@H](NC(=O)[C@@H]1CCC[C@H](c2ccccc2)C1)C(=O)CCc1ccc(-c2noc(=O)[nH]2)cc1.C[C@H](NC(=O)[C@H]1C[C@@H](c2ccccc2)CCN1C(=O)OC(C)(C)C)C(=O)CCc1ccc(/C(N)=N/O)cc1. The third kappa shape index (κ3) is 15.6. The molecule has 1 saturated heterocycles. The second-order valence-electron chi connectivity index (χ2n) is 19.5. The Morgan fingerprint density at radius 2 is 1.31 bits per heavy atom. The van der Waals surface area contributed by atoms with Crippen molar-refractivity contribution in [2.75, 3.05) is 6.54 Å². The number of piperidine rings is 1. The van der Waals surface area contributed by atoms with Crippen molar-refractivity contribution in [1.82, 2.24) is 25.7 Å². The maximum atomic E-state index is 13.4. The lowest BCUT2D eigenvalue weighted by molar-refractivity contribution is -0.131. The molecule has 16 heteroatoms. The molecule has 71 heavy (non-hydrogen) atoms. The van der Waals surface area contributed by atoms with E-state index in [0.717, 1.165) is 54.4 Å². The summed E-state index contributed by atoms with van der Waals surface area (Å²) in [7, 11) is 0. The van der Waals surface area contributed by atoms with E-state index in [1.54, 1.807) is 46.8 Å². The van der Waals surface area contributed by atoms with Gasteiger partial charge in [0.2, 0.25) is 11.8 Å². The summed E-state index contributed by atoms with van der Waals surface area (Å²) in [6.45, 7) is 9.19. The number of H-pyrrole nitrogens is 1. The third-order valence-corrected chi connectivity index (χ3v) is 13.1. The Kier molecular flexibility index (Phi) is 18.6. The Balaban J connectivity index is 0.000000234. The molecule has 0 bridgehead atoms. The number of hydrogen-bond donors (Lipinski definition) is 5. The maximum absolute atomic E-state index is 13.4. The van der Waals surface area contributed by atoms with Crippen LogP contribution in [0, 0.1) is 5.92 Å². The monoisotopic (exact) mass is 970 g/mol. The number of aromatic nitrogens is 2. The average molecular weight is 970 g/mol. The number of ether oxygens (including phenoxy) is 1. The Labute approximate surface area is 414 Å². The number of oxime groups is 1. The number of nitrogens with zero attached hydrogens (tertiary/aromatic N) is 3. The van der Waals surface area contributed by atoms with E-state index in [1.807, 2.05) is 84.9 Å². The molecule has 2 heterocycles. The van der Waals surface area contributed by atoms with Crippen LogP contribution in [0.4, 0.5) is 4.79 Å². The van der Waals surface area contributed by atoms with E-state index in [-0.39, 0.29) is 47.5 Å². The van der Waals surface area contributed by atoms with Gasteiger partial charge >= 0.3 is 11.8 Å². The first-order chi connectivity index (χ1) is 34.0. The third-order valence-electron chi connectivity index (χ3n) is 13.1. The molecular weight excluding hydrogens is 903 g/mol. The average Bonchev–Trinajstić information content (AvgIpc) is 3.83. The molecule has 1 saturated carbocycles. The van der Waals surface area contributed by atoms with Gasteiger partial charge in [-0.25, -0.2) is 9.59 Å². The minimum Gasteiger partial charge on any atom is -0.444 e. The van der Waals surface area contributed by atoms with Gasteiger partial charge in [0.05, 0.1) is 12.1 Å². The number of amidine groups is 1. The highest BCUT2D eigenvalue weighted by Crippen LogP contribution is 2.36. The van der Waals surface area contributed by atoms with Crippen LogP contribution in [0.25, 0.3) is 11.4 Å². The standard InChI is InChI=1S/C29H38N4O5.C26H29N3O4/c1-19(25(34)15-12-20-10-13-22(14-11-20)26(30)32-37)31-27(35)24-18-23(21-8-6-5-7-9-21)16-17-33(24)28(36)38-29(2,3)4;1-17(27-25(31)22-9-5-8-21(16-22)19-6-3-2-4-7-19)23(30)15-12-18-10-13-20(14-11-18)24-28-26(32)33-29-24/h5-11,13-14,19,23-24,37H,12,15-18H2,1-4H3,(H2,30,32)(H,31,35);2-4,6-7,10-11,13-14,17,21-22H,5,8-9,12,15-16H2,1H3,(H,27,31)(H,28,29,32)/t19-,23-,24+;17-,21-,22+/m00/s1. The molecule has 6 N–H and O–H groups in total. The van der Waals surface area contributed by atoms with Gasteiger partial charge < -0.3 is 26.3 Å². The van der Waals surface area contributed by atoms with E-state index < -0.39 is 35.6 Å². The molecule has 2 fully saturated rings. The van der Waals surface area contributed by atoms with Gasteiger partial charge in [-0.3, -0.25) is 33.6 Å². The first-order valence-electron chi connectivity index (χ1n) is 24.5. The van der Waals surface area contributed by atoms with E-state index >= 15 is 0 Å². The van der Waals surface area contributed by atoms with Crippen molar-refractivity contribution in [3.63, 3.8) is 0 Å². The summed E-state index contributed by atoms with van der Waals surface area (Å²) in [5.74, 6) is -0.207. The molecule has 16 nitrogen and oxygen atoms in total.